The Hall–Kier alpha value is 0.650. The van der Waals surface area contributed by atoms with Crippen LogP contribution in [0.3, 0.4) is 0 Å². The Morgan fingerprint density at radius 2 is 1.73 bits per heavy atom. The van der Waals surface area contributed by atoms with Gasteiger partial charge in [0.15, 0.2) is 0 Å². The van der Waals surface area contributed by atoms with Crippen molar-refractivity contribution in [2.45, 2.75) is 47.6 Å². The summed E-state index contributed by atoms with van der Waals surface area (Å²) in [6.07, 6.45) is 5.42. The number of alkyl halides is 1. The molecule has 0 aromatic rings. The molecule has 0 amide bonds. The van der Waals surface area contributed by atoms with Crippen LogP contribution in [0.15, 0.2) is 0 Å². The maximum absolute atomic E-state index is 5.86. The van der Waals surface area contributed by atoms with Gasteiger partial charge < -0.3 is 9.47 Å². The molecule has 4 bridgehead atoms. The van der Waals surface area contributed by atoms with E-state index in [0.29, 0.717) is 28.3 Å². The number of fused-ring (bicyclic) bond motifs is 1. The molecule has 62 valence electrons. The van der Waals surface area contributed by atoms with Crippen molar-refractivity contribution >= 4 is 22.6 Å². The first-order chi connectivity index (χ1) is 5.33. The second-order valence-electron chi connectivity index (χ2n) is 3.73. The molecule has 4 aliphatic rings. The second kappa shape index (κ2) is 2.33. The van der Waals surface area contributed by atoms with Gasteiger partial charge in [-0.1, -0.05) is 22.6 Å². The van der Waals surface area contributed by atoms with Crippen LogP contribution in [0.25, 0.3) is 0 Å². The predicted octanol–water partition coefficient (Wildman–Crippen LogP) is 1.51. The van der Waals surface area contributed by atoms with E-state index < -0.39 is 0 Å². The molecule has 1 unspecified atom stereocenters. The van der Waals surface area contributed by atoms with Crippen LogP contribution >= 0.6 is 22.6 Å². The number of halogens is 1. The van der Waals surface area contributed by atoms with Gasteiger partial charge in [-0.25, -0.2) is 0 Å². The van der Waals surface area contributed by atoms with E-state index in [9.17, 15) is 0 Å². The Morgan fingerprint density at radius 3 is 2.55 bits per heavy atom. The molecule has 0 aromatic carbocycles. The fourth-order valence-electron chi connectivity index (χ4n) is 2.45. The summed E-state index contributed by atoms with van der Waals surface area (Å²) < 4.78 is 12.4. The van der Waals surface area contributed by atoms with Crippen LogP contribution in [-0.4, -0.2) is 28.3 Å². The van der Waals surface area contributed by atoms with Gasteiger partial charge in [0.2, 0.25) is 0 Å². The molecule has 0 N–H and O–H groups in total. The van der Waals surface area contributed by atoms with E-state index in [0.717, 1.165) is 12.8 Å². The van der Waals surface area contributed by atoms with Crippen LogP contribution in [0.5, 0.6) is 0 Å². The summed E-state index contributed by atoms with van der Waals surface area (Å²) in [5.74, 6) is 0. The number of hydrogen-bond acceptors (Lipinski definition) is 2. The van der Waals surface area contributed by atoms with Crippen LogP contribution in [0.4, 0.5) is 0 Å². The van der Waals surface area contributed by atoms with Gasteiger partial charge in [0.05, 0.1) is 24.4 Å². The topological polar surface area (TPSA) is 18.5 Å². The van der Waals surface area contributed by atoms with Crippen molar-refractivity contribution in [3.63, 3.8) is 0 Å². The molecule has 4 rings (SSSR count). The average molecular weight is 266 g/mol. The standard InChI is InChI=1S/C8H11IO2/c9-5-1-4-2-7-8(10-4)3-6(5)11-7/h4-8H,1-3H2/t4-,5?,6+,7+,8+/m0/s1. The zero-order valence-corrected chi connectivity index (χ0v) is 8.36. The molecule has 2 nitrogen and oxygen atoms in total. The Balaban J connectivity index is 1.95. The monoisotopic (exact) mass is 266 g/mol. The normalized spacial score (nSPS) is 60.3. The van der Waals surface area contributed by atoms with Crippen LogP contribution in [-0.2, 0) is 9.47 Å². The molecule has 11 heavy (non-hydrogen) atoms. The third kappa shape index (κ3) is 0.971. The lowest BCUT2D eigenvalue weighted by molar-refractivity contribution is 0.0148. The molecule has 0 aliphatic carbocycles. The van der Waals surface area contributed by atoms with E-state index in [1.165, 1.54) is 6.42 Å². The molecular weight excluding hydrogens is 255 g/mol. The average Bonchev–Trinajstić information content (AvgIpc) is 2.33. The highest BCUT2D eigenvalue weighted by Crippen LogP contribution is 2.43. The van der Waals surface area contributed by atoms with Crippen molar-refractivity contribution in [3.8, 4) is 0 Å². The summed E-state index contributed by atoms with van der Waals surface area (Å²) in [7, 11) is 0. The van der Waals surface area contributed by atoms with Gasteiger partial charge in [-0.2, -0.15) is 0 Å². The molecule has 4 saturated heterocycles. The fraction of sp³-hybridized carbons (Fsp3) is 1.00. The Kier molecular flexibility index (Phi) is 1.50. The predicted molar refractivity (Wildman–Crippen MR) is 49.0 cm³/mol. The lowest BCUT2D eigenvalue weighted by Crippen LogP contribution is -2.19. The maximum atomic E-state index is 5.86. The smallest absolute Gasteiger partial charge is 0.0866 e. The van der Waals surface area contributed by atoms with Gasteiger partial charge >= 0.3 is 0 Å². The minimum atomic E-state index is 0.449. The number of rotatable bonds is 0. The second-order valence-corrected chi connectivity index (χ2v) is 5.33. The zero-order chi connectivity index (χ0) is 7.42. The summed E-state index contributed by atoms with van der Waals surface area (Å²) in [4.78, 5) is 0. The van der Waals surface area contributed by atoms with E-state index in [1.807, 2.05) is 0 Å². The zero-order valence-electron chi connectivity index (χ0n) is 6.20. The SMILES string of the molecule is IC1C[C@H]2C[C@H]3O[C@@H]1C[C@H]3O2. The first kappa shape index (κ1) is 7.09. The van der Waals surface area contributed by atoms with Gasteiger partial charge in [0, 0.05) is 16.8 Å². The summed E-state index contributed by atoms with van der Waals surface area (Å²) in [6.45, 7) is 0. The van der Waals surface area contributed by atoms with Gasteiger partial charge in [0.25, 0.3) is 0 Å². The molecule has 4 heterocycles. The van der Waals surface area contributed by atoms with Crippen molar-refractivity contribution in [1.29, 1.82) is 0 Å². The van der Waals surface area contributed by atoms with Gasteiger partial charge in [-0.15, -0.1) is 0 Å². The maximum Gasteiger partial charge on any atom is 0.0866 e. The molecule has 4 aliphatic heterocycles. The van der Waals surface area contributed by atoms with Crippen molar-refractivity contribution in [2.24, 2.45) is 0 Å². The van der Waals surface area contributed by atoms with E-state index in [1.54, 1.807) is 0 Å². The largest absolute Gasteiger partial charge is 0.372 e. The number of ether oxygens (including phenoxy) is 2. The van der Waals surface area contributed by atoms with Crippen LogP contribution in [0.2, 0.25) is 0 Å². The summed E-state index contributed by atoms with van der Waals surface area (Å²) >= 11 is 2.51. The highest BCUT2D eigenvalue weighted by atomic mass is 127. The number of hydrogen-bond donors (Lipinski definition) is 0. The quantitative estimate of drug-likeness (QED) is 0.488. The summed E-state index contributed by atoms with van der Waals surface area (Å²) in [5, 5.41) is 0. The molecule has 0 spiro atoms. The van der Waals surface area contributed by atoms with Crippen LogP contribution < -0.4 is 0 Å². The Labute approximate surface area is 79.8 Å². The van der Waals surface area contributed by atoms with Crippen LogP contribution in [0, 0.1) is 0 Å². The highest BCUT2D eigenvalue weighted by molar-refractivity contribution is 14.1. The van der Waals surface area contributed by atoms with E-state index in [2.05, 4.69) is 22.6 Å². The molecule has 3 heteroatoms. The molecule has 0 radical (unpaired) electrons. The first-order valence-electron chi connectivity index (χ1n) is 4.28. The summed E-state index contributed by atoms with van der Waals surface area (Å²) in [6, 6.07) is 0. The van der Waals surface area contributed by atoms with Gasteiger partial charge in [0.1, 0.15) is 0 Å². The minimum absolute atomic E-state index is 0.449. The highest BCUT2D eigenvalue weighted by Gasteiger charge is 2.49. The third-order valence-corrected chi connectivity index (χ3v) is 4.29. The van der Waals surface area contributed by atoms with Crippen molar-refractivity contribution in [2.75, 3.05) is 0 Å². The molecule has 4 fully saturated rings. The van der Waals surface area contributed by atoms with E-state index >= 15 is 0 Å². The molecule has 0 saturated carbocycles. The van der Waals surface area contributed by atoms with Crippen LogP contribution in [0.1, 0.15) is 19.3 Å². The summed E-state index contributed by atoms with van der Waals surface area (Å²) in [5.41, 5.74) is 0. The lowest BCUT2D eigenvalue weighted by atomic mass is 10.0. The van der Waals surface area contributed by atoms with Crippen molar-refractivity contribution in [1.82, 2.24) is 0 Å². The van der Waals surface area contributed by atoms with Gasteiger partial charge in [-0.3, -0.25) is 0 Å². The third-order valence-electron chi connectivity index (χ3n) is 2.98. The fourth-order valence-corrected chi connectivity index (χ4v) is 3.48. The minimum Gasteiger partial charge on any atom is -0.372 e. The Morgan fingerprint density at radius 1 is 0.909 bits per heavy atom. The van der Waals surface area contributed by atoms with E-state index in [4.69, 9.17) is 9.47 Å². The first-order valence-corrected chi connectivity index (χ1v) is 5.52. The molecule has 5 atom stereocenters. The van der Waals surface area contributed by atoms with E-state index in [-0.39, 0.29) is 0 Å². The Bertz CT molecular complexity index is 171. The van der Waals surface area contributed by atoms with Gasteiger partial charge in [-0.05, 0) is 6.42 Å². The van der Waals surface area contributed by atoms with Crippen molar-refractivity contribution < 1.29 is 9.47 Å². The van der Waals surface area contributed by atoms with Crippen molar-refractivity contribution in [3.05, 3.63) is 0 Å². The lowest BCUT2D eigenvalue weighted by Gasteiger charge is -2.14. The molecular formula is C8H11IO2. The molecule has 0 aromatic heterocycles.